The fourth-order valence-electron chi connectivity index (χ4n) is 3.07. The van der Waals surface area contributed by atoms with Gasteiger partial charge in [0, 0.05) is 18.7 Å². The first kappa shape index (κ1) is 19.9. The molecular weight excluding hydrogens is 310 g/mol. The van der Waals surface area contributed by atoms with Crippen LogP contribution >= 0.6 is 12.4 Å². The number of pyridine rings is 1. The lowest BCUT2D eigenvalue weighted by Crippen LogP contribution is -2.40. The summed E-state index contributed by atoms with van der Waals surface area (Å²) in [6.45, 7) is 4.90. The van der Waals surface area contributed by atoms with Gasteiger partial charge in [-0.1, -0.05) is 25.8 Å². The van der Waals surface area contributed by atoms with Crippen LogP contribution in [0, 0.1) is 0 Å². The quantitative estimate of drug-likeness (QED) is 0.773. The number of carbonyl (C=O) groups excluding carboxylic acids is 1. The van der Waals surface area contributed by atoms with Crippen molar-refractivity contribution in [2.75, 3.05) is 13.1 Å². The molecule has 1 N–H and O–H groups in total. The highest BCUT2D eigenvalue weighted by atomic mass is 35.5. The van der Waals surface area contributed by atoms with E-state index in [-0.39, 0.29) is 12.4 Å². The summed E-state index contributed by atoms with van der Waals surface area (Å²) in [5, 5.41) is 3.43. The lowest BCUT2D eigenvalue weighted by atomic mass is 10.1. The lowest BCUT2D eigenvalue weighted by Gasteiger charge is -2.31. The molecule has 130 valence electrons. The Morgan fingerprint density at radius 2 is 2.17 bits per heavy atom. The predicted octanol–water partition coefficient (Wildman–Crippen LogP) is 3.55. The summed E-state index contributed by atoms with van der Waals surface area (Å²) in [6, 6.07) is 6.29. The second-order valence-electron chi connectivity index (χ2n) is 6.13. The van der Waals surface area contributed by atoms with Crippen LogP contribution in [0.4, 0.5) is 0 Å². The van der Waals surface area contributed by atoms with Crippen LogP contribution in [-0.2, 0) is 11.3 Å². The predicted molar refractivity (Wildman–Crippen MR) is 96.7 cm³/mol. The summed E-state index contributed by atoms with van der Waals surface area (Å²) in [6.07, 6.45) is 9.06. The molecule has 0 aliphatic carbocycles. The Morgan fingerprint density at radius 3 is 2.91 bits per heavy atom. The summed E-state index contributed by atoms with van der Waals surface area (Å²) in [4.78, 5) is 19.2. The van der Waals surface area contributed by atoms with Gasteiger partial charge in [0.1, 0.15) is 0 Å². The molecule has 0 bridgehead atoms. The van der Waals surface area contributed by atoms with Crippen LogP contribution in [0.1, 0.15) is 57.6 Å². The summed E-state index contributed by atoms with van der Waals surface area (Å²) < 4.78 is 0. The monoisotopic (exact) mass is 339 g/mol. The first-order valence-corrected chi connectivity index (χ1v) is 8.71. The van der Waals surface area contributed by atoms with Crippen molar-refractivity contribution in [2.24, 2.45) is 0 Å². The molecule has 2 rings (SSSR count). The average Bonchev–Trinajstić information content (AvgIpc) is 2.83. The van der Waals surface area contributed by atoms with Crippen LogP contribution in [0.2, 0.25) is 0 Å². The van der Waals surface area contributed by atoms with E-state index in [0.717, 1.165) is 57.3 Å². The number of nitrogens with zero attached hydrogens (tertiary/aromatic N) is 2. The zero-order valence-electron chi connectivity index (χ0n) is 14.2. The van der Waals surface area contributed by atoms with Crippen LogP contribution < -0.4 is 5.32 Å². The zero-order valence-corrected chi connectivity index (χ0v) is 15.0. The minimum atomic E-state index is 0. The van der Waals surface area contributed by atoms with Gasteiger partial charge in [0.2, 0.25) is 5.91 Å². The topological polar surface area (TPSA) is 45.2 Å². The molecule has 4 nitrogen and oxygen atoms in total. The average molecular weight is 340 g/mol. The summed E-state index contributed by atoms with van der Waals surface area (Å²) in [5.74, 6) is 0.297. The van der Waals surface area contributed by atoms with Crippen LogP contribution in [-0.4, -0.2) is 34.9 Å². The van der Waals surface area contributed by atoms with Crippen LogP contribution in [0.25, 0.3) is 0 Å². The van der Waals surface area contributed by atoms with E-state index in [1.165, 1.54) is 0 Å². The molecule has 1 aromatic rings. The van der Waals surface area contributed by atoms with Crippen molar-refractivity contribution in [2.45, 2.75) is 64.5 Å². The maximum absolute atomic E-state index is 12.7. The van der Waals surface area contributed by atoms with E-state index in [4.69, 9.17) is 0 Å². The van der Waals surface area contributed by atoms with Gasteiger partial charge in [0.05, 0.1) is 12.2 Å². The molecular formula is C18H30ClN3O. The molecule has 1 unspecified atom stereocenters. The zero-order chi connectivity index (χ0) is 15.6. The molecule has 23 heavy (non-hydrogen) atoms. The summed E-state index contributed by atoms with van der Waals surface area (Å²) >= 11 is 0. The van der Waals surface area contributed by atoms with E-state index in [0.29, 0.717) is 24.9 Å². The molecule has 1 saturated heterocycles. The van der Waals surface area contributed by atoms with E-state index in [9.17, 15) is 4.79 Å². The molecule has 1 amide bonds. The van der Waals surface area contributed by atoms with Crippen molar-refractivity contribution in [1.82, 2.24) is 15.2 Å². The van der Waals surface area contributed by atoms with Gasteiger partial charge in [-0.25, -0.2) is 0 Å². The van der Waals surface area contributed by atoms with Gasteiger partial charge in [-0.15, -0.1) is 12.4 Å². The van der Waals surface area contributed by atoms with Crippen LogP contribution in [0.15, 0.2) is 24.4 Å². The number of aromatic nitrogens is 1. The molecule has 0 spiro atoms. The van der Waals surface area contributed by atoms with Gasteiger partial charge >= 0.3 is 0 Å². The summed E-state index contributed by atoms with van der Waals surface area (Å²) in [5.41, 5.74) is 0.989. The summed E-state index contributed by atoms with van der Waals surface area (Å²) in [7, 11) is 0. The number of unbranched alkanes of at least 4 members (excludes halogenated alkanes) is 2. The van der Waals surface area contributed by atoms with Crippen molar-refractivity contribution in [3.05, 3.63) is 30.1 Å². The second kappa shape index (κ2) is 11.4. The standard InChI is InChI=1S/C18H29N3O.ClH/c1-2-3-4-10-18(22)21(15-16-8-5-6-13-20-16)17-9-7-12-19-14-11-17;/h5-6,8,13,17,19H,2-4,7,9-12,14-15H2,1H3;1H. The molecule has 1 aliphatic heterocycles. The van der Waals surface area contributed by atoms with Crippen LogP contribution in [0.5, 0.6) is 0 Å². The maximum Gasteiger partial charge on any atom is 0.223 e. The van der Waals surface area contributed by atoms with Crippen molar-refractivity contribution < 1.29 is 4.79 Å². The molecule has 0 radical (unpaired) electrons. The van der Waals surface area contributed by atoms with Crippen LogP contribution in [0.3, 0.4) is 0 Å². The van der Waals surface area contributed by atoms with Crippen molar-refractivity contribution in [1.29, 1.82) is 0 Å². The molecule has 1 aromatic heterocycles. The number of rotatable bonds is 7. The number of hydrogen-bond acceptors (Lipinski definition) is 3. The molecule has 1 atom stereocenters. The SMILES string of the molecule is CCCCCC(=O)N(Cc1ccccn1)C1CCCNCC1.Cl. The number of carbonyl (C=O) groups is 1. The number of halogens is 1. The largest absolute Gasteiger partial charge is 0.334 e. The van der Waals surface area contributed by atoms with Gasteiger partial charge < -0.3 is 10.2 Å². The number of nitrogens with one attached hydrogen (secondary N) is 1. The Labute approximate surface area is 146 Å². The van der Waals surface area contributed by atoms with E-state index < -0.39 is 0 Å². The van der Waals surface area contributed by atoms with Crippen molar-refractivity contribution >= 4 is 18.3 Å². The van der Waals surface area contributed by atoms with E-state index >= 15 is 0 Å². The Bertz CT molecular complexity index is 433. The van der Waals surface area contributed by atoms with E-state index in [2.05, 4.69) is 22.1 Å². The molecule has 1 aliphatic rings. The minimum Gasteiger partial charge on any atom is -0.334 e. The van der Waals surface area contributed by atoms with Gasteiger partial charge in [0.25, 0.3) is 0 Å². The Balaban J connectivity index is 0.00000264. The minimum absolute atomic E-state index is 0. The third kappa shape index (κ3) is 6.88. The smallest absolute Gasteiger partial charge is 0.223 e. The number of hydrogen-bond donors (Lipinski definition) is 1. The lowest BCUT2D eigenvalue weighted by molar-refractivity contribution is -0.134. The highest BCUT2D eigenvalue weighted by Gasteiger charge is 2.24. The first-order chi connectivity index (χ1) is 10.8. The Hall–Kier alpha value is -1.13. The first-order valence-electron chi connectivity index (χ1n) is 8.71. The van der Waals surface area contributed by atoms with Gasteiger partial charge in [-0.3, -0.25) is 9.78 Å². The van der Waals surface area contributed by atoms with Gasteiger partial charge in [-0.2, -0.15) is 0 Å². The fourth-order valence-corrected chi connectivity index (χ4v) is 3.07. The van der Waals surface area contributed by atoms with Crippen molar-refractivity contribution in [3.8, 4) is 0 Å². The van der Waals surface area contributed by atoms with Crippen molar-refractivity contribution in [3.63, 3.8) is 0 Å². The van der Waals surface area contributed by atoms with Gasteiger partial charge in [-0.05, 0) is 50.9 Å². The molecule has 2 heterocycles. The highest BCUT2D eigenvalue weighted by Crippen LogP contribution is 2.18. The molecule has 0 aromatic carbocycles. The molecule has 5 heteroatoms. The molecule has 1 fully saturated rings. The normalized spacial score (nSPS) is 17.9. The number of amides is 1. The second-order valence-corrected chi connectivity index (χ2v) is 6.13. The van der Waals surface area contributed by atoms with E-state index in [1.807, 2.05) is 24.4 Å². The highest BCUT2D eigenvalue weighted by molar-refractivity contribution is 5.85. The third-order valence-corrected chi connectivity index (χ3v) is 4.36. The van der Waals surface area contributed by atoms with E-state index in [1.54, 1.807) is 0 Å². The Kier molecular flexibility index (Phi) is 9.88. The fraction of sp³-hybridized carbons (Fsp3) is 0.667. The molecule has 0 saturated carbocycles. The van der Waals surface area contributed by atoms with Gasteiger partial charge in [0.15, 0.2) is 0 Å². The maximum atomic E-state index is 12.7. The Morgan fingerprint density at radius 1 is 1.30 bits per heavy atom. The third-order valence-electron chi connectivity index (χ3n) is 4.36.